The van der Waals surface area contributed by atoms with Crippen molar-refractivity contribution >= 4 is 6.03 Å². The number of likely N-dealkylation sites (N-methyl/N-ethyl adjacent to an activating group) is 1. The van der Waals surface area contributed by atoms with Crippen molar-refractivity contribution in [1.29, 1.82) is 0 Å². The number of hydrogen-bond acceptors (Lipinski definition) is 3. The van der Waals surface area contributed by atoms with E-state index in [-0.39, 0.29) is 22.7 Å². The van der Waals surface area contributed by atoms with Crippen LogP contribution in [0.3, 0.4) is 0 Å². The Morgan fingerprint density at radius 3 is 2.42 bits per heavy atom. The van der Waals surface area contributed by atoms with Gasteiger partial charge in [-0.25, -0.2) is 4.79 Å². The molecule has 1 aromatic carbocycles. The molecule has 2 aliphatic rings. The van der Waals surface area contributed by atoms with Gasteiger partial charge < -0.3 is 20.3 Å². The van der Waals surface area contributed by atoms with Crippen LogP contribution in [0.15, 0.2) is 24.3 Å². The molecule has 2 amide bonds. The molecule has 0 radical (unpaired) electrons. The molecule has 144 valence electrons. The molecule has 1 spiro atoms. The summed E-state index contributed by atoms with van der Waals surface area (Å²) in [7, 11) is 3.92. The first-order chi connectivity index (χ1) is 12.1. The summed E-state index contributed by atoms with van der Waals surface area (Å²) in [6, 6.07) is 6.16. The molecule has 26 heavy (non-hydrogen) atoms. The molecular weight excluding hydrogens is 347 g/mol. The quantitative estimate of drug-likeness (QED) is 0.856. The second kappa shape index (κ2) is 6.64. The molecule has 0 bridgehead atoms. The second-order valence-electron chi connectivity index (χ2n) is 7.68. The predicted octanol–water partition coefficient (Wildman–Crippen LogP) is 3.01. The van der Waals surface area contributed by atoms with E-state index < -0.39 is 6.36 Å². The zero-order chi connectivity index (χ0) is 19.0. The lowest BCUT2D eigenvalue weighted by atomic mass is 9.64. The lowest BCUT2D eigenvalue weighted by Crippen LogP contribution is -2.52. The van der Waals surface area contributed by atoms with Crippen LogP contribution in [0.25, 0.3) is 0 Å². The van der Waals surface area contributed by atoms with Gasteiger partial charge in [0.1, 0.15) is 5.75 Å². The van der Waals surface area contributed by atoms with Crippen LogP contribution in [0.4, 0.5) is 18.0 Å². The number of urea groups is 1. The third kappa shape index (κ3) is 4.06. The number of benzene rings is 1. The molecule has 0 aromatic heterocycles. The molecule has 5 nitrogen and oxygen atoms in total. The number of halogens is 3. The molecule has 1 heterocycles. The fourth-order valence-electron chi connectivity index (χ4n) is 4.25. The molecular formula is C18H24F3N3O2. The Labute approximate surface area is 150 Å². The number of ether oxygens (including phenoxy) is 1. The van der Waals surface area contributed by atoms with Crippen molar-refractivity contribution in [3.8, 4) is 5.75 Å². The van der Waals surface area contributed by atoms with Gasteiger partial charge in [-0.1, -0.05) is 12.1 Å². The lowest BCUT2D eigenvalue weighted by Gasteiger charge is -2.46. The van der Waals surface area contributed by atoms with Crippen LogP contribution >= 0.6 is 0 Å². The molecule has 2 N–H and O–H groups in total. The minimum atomic E-state index is -4.70. The SMILES string of the molecule is CN(C)CC1(c2cccc(OC(F)(F)F)c2)CCC2(CC1)CNC(=O)N2. The zero-order valence-electron chi connectivity index (χ0n) is 14.9. The summed E-state index contributed by atoms with van der Waals surface area (Å²) in [6.45, 7) is 1.32. The Bertz CT molecular complexity index is 668. The first-order valence-electron chi connectivity index (χ1n) is 8.69. The van der Waals surface area contributed by atoms with Gasteiger partial charge in [0.25, 0.3) is 0 Å². The fourth-order valence-corrected chi connectivity index (χ4v) is 4.25. The first kappa shape index (κ1) is 18.8. The number of nitrogens with one attached hydrogen (secondary N) is 2. The number of carbonyl (C=O) groups is 1. The number of hydrogen-bond donors (Lipinski definition) is 2. The maximum absolute atomic E-state index is 12.6. The van der Waals surface area contributed by atoms with Crippen molar-refractivity contribution in [2.24, 2.45) is 0 Å². The van der Waals surface area contributed by atoms with Gasteiger partial charge in [0.05, 0.1) is 5.54 Å². The van der Waals surface area contributed by atoms with E-state index in [1.54, 1.807) is 6.07 Å². The van der Waals surface area contributed by atoms with Crippen molar-refractivity contribution in [1.82, 2.24) is 15.5 Å². The maximum atomic E-state index is 12.6. The molecule has 0 atom stereocenters. The Kier molecular flexibility index (Phi) is 4.81. The van der Waals surface area contributed by atoms with E-state index >= 15 is 0 Å². The Morgan fingerprint density at radius 2 is 1.88 bits per heavy atom. The van der Waals surface area contributed by atoms with Gasteiger partial charge in [0, 0.05) is 18.5 Å². The standard InChI is InChI=1S/C18H24F3N3O2/c1-24(2)12-16(6-8-17(9-7-16)11-22-15(25)23-17)13-4-3-5-14(10-13)26-18(19,20)21/h3-5,10H,6-9,11-12H2,1-2H3,(H2,22,23,25). The van der Waals surface area contributed by atoms with E-state index in [1.807, 2.05) is 20.2 Å². The van der Waals surface area contributed by atoms with Crippen LogP contribution in [0.5, 0.6) is 5.75 Å². The van der Waals surface area contributed by atoms with Crippen molar-refractivity contribution in [3.63, 3.8) is 0 Å². The van der Waals surface area contributed by atoms with Gasteiger partial charge in [-0.3, -0.25) is 0 Å². The summed E-state index contributed by atoms with van der Waals surface area (Å²) in [5, 5.41) is 5.83. The third-order valence-electron chi connectivity index (χ3n) is 5.43. The van der Waals surface area contributed by atoms with Gasteiger partial charge >= 0.3 is 12.4 Å². The zero-order valence-corrected chi connectivity index (χ0v) is 14.9. The van der Waals surface area contributed by atoms with Gasteiger partial charge in [-0.15, -0.1) is 13.2 Å². The molecule has 1 aliphatic carbocycles. The van der Waals surface area contributed by atoms with Crippen molar-refractivity contribution < 1.29 is 22.7 Å². The van der Waals surface area contributed by atoms with Crippen LogP contribution in [0.1, 0.15) is 31.2 Å². The topological polar surface area (TPSA) is 53.6 Å². The molecule has 8 heteroatoms. The summed E-state index contributed by atoms with van der Waals surface area (Å²) in [6.07, 6.45) is -1.58. The number of nitrogens with zero attached hydrogens (tertiary/aromatic N) is 1. The Balaban J connectivity index is 1.85. The van der Waals surface area contributed by atoms with E-state index in [0.29, 0.717) is 6.54 Å². The van der Waals surface area contributed by atoms with Crippen LogP contribution in [0, 0.1) is 0 Å². The second-order valence-corrected chi connectivity index (χ2v) is 7.68. The average Bonchev–Trinajstić information content (AvgIpc) is 2.89. The number of alkyl halides is 3. The molecule has 0 unspecified atom stereocenters. The normalized spacial score (nSPS) is 28.9. The number of carbonyl (C=O) groups excluding carboxylic acids is 1. The molecule has 3 rings (SSSR count). The largest absolute Gasteiger partial charge is 0.573 e. The highest BCUT2D eigenvalue weighted by molar-refractivity contribution is 5.77. The van der Waals surface area contributed by atoms with E-state index in [2.05, 4.69) is 20.3 Å². The minimum absolute atomic E-state index is 0.148. The maximum Gasteiger partial charge on any atom is 0.573 e. The van der Waals surface area contributed by atoms with E-state index in [0.717, 1.165) is 37.8 Å². The minimum Gasteiger partial charge on any atom is -0.406 e. The van der Waals surface area contributed by atoms with Crippen LogP contribution < -0.4 is 15.4 Å². The summed E-state index contributed by atoms with van der Waals surface area (Å²) in [5.74, 6) is -0.191. The first-order valence-corrected chi connectivity index (χ1v) is 8.69. The summed E-state index contributed by atoms with van der Waals surface area (Å²) >= 11 is 0. The average molecular weight is 371 g/mol. The third-order valence-corrected chi connectivity index (χ3v) is 5.43. The highest BCUT2D eigenvalue weighted by atomic mass is 19.4. The smallest absolute Gasteiger partial charge is 0.406 e. The summed E-state index contributed by atoms with van der Waals surface area (Å²) < 4.78 is 41.9. The molecule has 1 aliphatic heterocycles. The highest BCUT2D eigenvalue weighted by Crippen LogP contribution is 2.45. The monoisotopic (exact) mass is 371 g/mol. The molecule has 1 saturated heterocycles. The van der Waals surface area contributed by atoms with Crippen molar-refractivity contribution in [2.45, 2.75) is 43.0 Å². The van der Waals surface area contributed by atoms with Gasteiger partial charge in [0.2, 0.25) is 0 Å². The molecule has 1 aromatic rings. The van der Waals surface area contributed by atoms with Crippen LogP contribution in [-0.2, 0) is 5.41 Å². The van der Waals surface area contributed by atoms with Gasteiger partial charge in [-0.05, 0) is 57.5 Å². The van der Waals surface area contributed by atoms with Crippen molar-refractivity contribution in [3.05, 3.63) is 29.8 Å². The van der Waals surface area contributed by atoms with E-state index in [4.69, 9.17) is 0 Å². The van der Waals surface area contributed by atoms with Crippen molar-refractivity contribution in [2.75, 3.05) is 27.2 Å². The van der Waals surface area contributed by atoms with E-state index in [9.17, 15) is 18.0 Å². The Hall–Kier alpha value is -1.96. The highest BCUT2D eigenvalue weighted by Gasteiger charge is 2.47. The van der Waals surface area contributed by atoms with Crippen LogP contribution in [-0.4, -0.2) is 50.0 Å². The number of rotatable bonds is 4. The van der Waals surface area contributed by atoms with Gasteiger partial charge in [0.15, 0.2) is 0 Å². The lowest BCUT2D eigenvalue weighted by molar-refractivity contribution is -0.274. The summed E-state index contributed by atoms with van der Waals surface area (Å²) in [4.78, 5) is 13.6. The van der Waals surface area contributed by atoms with Crippen LogP contribution in [0.2, 0.25) is 0 Å². The molecule has 2 fully saturated rings. The van der Waals surface area contributed by atoms with E-state index in [1.165, 1.54) is 12.1 Å². The Morgan fingerprint density at radius 1 is 1.19 bits per heavy atom. The summed E-state index contributed by atoms with van der Waals surface area (Å²) in [5.41, 5.74) is 0.333. The fraction of sp³-hybridized carbons (Fsp3) is 0.611. The number of amides is 2. The molecule has 1 saturated carbocycles. The predicted molar refractivity (Wildman–Crippen MR) is 91.1 cm³/mol. The van der Waals surface area contributed by atoms with Gasteiger partial charge in [-0.2, -0.15) is 0 Å².